The fourth-order valence-electron chi connectivity index (χ4n) is 1.99. The molecule has 3 heteroatoms. The molecular formula is C13H18INO. The van der Waals surface area contributed by atoms with Crippen LogP contribution in [-0.4, -0.2) is 19.7 Å². The Balaban J connectivity index is 1.69. The molecule has 1 aliphatic rings. The van der Waals surface area contributed by atoms with Crippen LogP contribution in [0.25, 0.3) is 0 Å². The van der Waals surface area contributed by atoms with Crippen LogP contribution in [0.2, 0.25) is 0 Å². The van der Waals surface area contributed by atoms with Crippen molar-refractivity contribution < 1.29 is 4.74 Å². The van der Waals surface area contributed by atoms with Crippen molar-refractivity contribution >= 4 is 22.6 Å². The topological polar surface area (TPSA) is 21.3 Å². The second-order valence-electron chi connectivity index (χ2n) is 4.35. The summed E-state index contributed by atoms with van der Waals surface area (Å²) in [6.45, 7) is 3.92. The second kappa shape index (κ2) is 6.57. The lowest BCUT2D eigenvalue weighted by Gasteiger charge is -2.22. The van der Waals surface area contributed by atoms with Gasteiger partial charge in [0.1, 0.15) is 0 Å². The molecule has 2 nitrogen and oxygen atoms in total. The lowest BCUT2D eigenvalue weighted by atomic mass is 10.0. The molecule has 1 atom stereocenters. The van der Waals surface area contributed by atoms with Crippen LogP contribution < -0.4 is 5.32 Å². The molecule has 16 heavy (non-hydrogen) atoms. The summed E-state index contributed by atoms with van der Waals surface area (Å²) in [5.41, 5.74) is 1.27. The SMILES string of the molecule is Ic1ccc(COC[C@@H]2CCCNC2)cc1. The summed E-state index contributed by atoms with van der Waals surface area (Å²) in [4.78, 5) is 0. The van der Waals surface area contributed by atoms with Crippen molar-refractivity contribution in [1.29, 1.82) is 0 Å². The molecule has 1 N–H and O–H groups in total. The molecule has 1 heterocycles. The van der Waals surface area contributed by atoms with Crippen molar-refractivity contribution in [2.75, 3.05) is 19.7 Å². The largest absolute Gasteiger partial charge is 0.376 e. The highest BCUT2D eigenvalue weighted by molar-refractivity contribution is 14.1. The van der Waals surface area contributed by atoms with E-state index in [2.05, 4.69) is 52.2 Å². The predicted molar refractivity (Wildman–Crippen MR) is 74.4 cm³/mol. The Hall–Kier alpha value is -0.130. The highest BCUT2D eigenvalue weighted by Crippen LogP contribution is 2.12. The maximum absolute atomic E-state index is 5.76. The lowest BCUT2D eigenvalue weighted by Crippen LogP contribution is -2.32. The first-order valence-corrected chi connectivity index (χ1v) is 6.95. The molecule has 0 bridgehead atoms. The molecule has 2 rings (SSSR count). The van der Waals surface area contributed by atoms with E-state index >= 15 is 0 Å². The zero-order valence-electron chi connectivity index (χ0n) is 9.42. The van der Waals surface area contributed by atoms with E-state index in [1.807, 2.05) is 0 Å². The molecule has 1 saturated heterocycles. The number of rotatable bonds is 4. The molecule has 1 fully saturated rings. The van der Waals surface area contributed by atoms with Gasteiger partial charge >= 0.3 is 0 Å². The van der Waals surface area contributed by atoms with E-state index in [1.54, 1.807) is 0 Å². The molecule has 0 aliphatic carbocycles. The Morgan fingerprint density at radius 3 is 2.81 bits per heavy atom. The van der Waals surface area contributed by atoms with Crippen molar-refractivity contribution in [3.05, 3.63) is 33.4 Å². The van der Waals surface area contributed by atoms with Gasteiger partial charge in [0.25, 0.3) is 0 Å². The third-order valence-electron chi connectivity index (χ3n) is 2.93. The fraction of sp³-hybridized carbons (Fsp3) is 0.538. The van der Waals surface area contributed by atoms with Gasteiger partial charge < -0.3 is 10.1 Å². The number of nitrogens with one attached hydrogen (secondary N) is 1. The van der Waals surface area contributed by atoms with Gasteiger partial charge in [0.2, 0.25) is 0 Å². The smallest absolute Gasteiger partial charge is 0.0717 e. The van der Waals surface area contributed by atoms with Crippen LogP contribution in [0.15, 0.2) is 24.3 Å². The van der Waals surface area contributed by atoms with Crippen molar-refractivity contribution in [2.24, 2.45) is 5.92 Å². The highest BCUT2D eigenvalue weighted by atomic mass is 127. The van der Waals surface area contributed by atoms with Gasteiger partial charge in [-0.1, -0.05) is 12.1 Å². The summed E-state index contributed by atoms with van der Waals surface area (Å²) < 4.78 is 7.03. The highest BCUT2D eigenvalue weighted by Gasteiger charge is 2.12. The molecule has 88 valence electrons. The summed E-state index contributed by atoms with van der Waals surface area (Å²) in [6.07, 6.45) is 2.59. The Morgan fingerprint density at radius 1 is 1.31 bits per heavy atom. The van der Waals surface area contributed by atoms with Crippen molar-refractivity contribution in [1.82, 2.24) is 5.32 Å². The number of halogens is 1. The van der Waals surface area contributed by atoms with E-state index in [9.17, 15) is 0 Å². The Bertz CT molecular complexity index is 306. The molecule has 0 saturated carbocycles. The van der Waals surface area contributed by atoms with Crippen molar-refractivity contribution in [2.45, 2.75) is 19.4 Å². The summed E-state index contributed by atoms with van der Waals surface area (Å²) in [5, 5.41) is 3.41. The maximum atomic E-state index is 5.76. The van der Waals surface area contributed by atoms with Crippen LogP contribution in [0, 0.1) is 9.49 Å². The monoisotopic (exact) mass is 331 g/mol. The first-order chi connectivity index (χ1) is 7.84. The normalized spacial score (nSPS) is 20.9. The van der Waals surface area contributed by atoms with Gasteiger partial charge in [-0.25, -0.2) is 0 Å². The standard InChI is InChI=1S/C13H18INO/c14-13-5-3-11(4-6-13)9-16-10-12-2-1-7-15-8-12/h3-6,12,15H,1-2,7-10H2/t12-/m1/s1. The van der Waals surface area contributed by atoms with Crippen LogP contribution >= 0.6 is 22.6 Å². The minimum absolute atomic E-state index is 0.706. The van der Waals surface area contributed by atoms with E-state index < -0.39 is 0 Å². The van der Waals surface area contributed by atoms with Gasteiger partial charge in [-0.15, -0.1) is 0 Å². The molecule has 0 spiro atoms. The quantitative estimate of drug-likeness (QED) is 0.857. The zero-order chi connectivity index (χ0) is 11.2. The fourth-order valence-corrected chi connectivity index (χ4v) is 2.35. The van der Waals surface area contributed by atoms with Crippen molar-refractivity contribution in [3.63, 3.8) is 0 Å². The van der Waals surface area contributed by atoms with Gasteiger partial charge in [-0.05, 0) is 65.6 Å². The van der Waals surface area contributed by atoms with Gasteiger partial charge in [-0.3, -0.25) is 0 Å². The Labute approximate surface area is 111 Å². The number of hydrogen-bond donors (Lipinski definition) is 1. The van der Waals surface area contributed by atoms with Crippen LogP contribution in [0.4, 0.5) is 0 Å². The summed E-state index contributed by atoms with van der Waals surface area (Å²) in [6, 6.07) is 8.53. The van der Waals surface area contributed by atoms with E-state index in [1.165, 1.54) is 28.5 Å². The third-order valence-corrected chi connectivity index (χ3v) is 3.65. The number of hydrogen-bond acceptors (Lipinski definition) is 2. The van der Waals surface area contributed by atoms with Crippen molar-refractivity contribution in [3.8, 4) is 0 Å². The summed E-state index contributed by atoms with van der Waals surface area (Å²) in [7, 11) is 0. The minimum Gasteiger partial charge on any atom is -0.376 e. The molecular weight excluding hydrogens is 313 g/mol. The average molecular weight is 331 g/mol. The van der Waals surface area contributed by atoms with Crippen LogP contribution in [-0.2, 0) is 11.3 Å². The predicted octanol–water partition coefficient (Wildman–Crippen LogP) is 2.81. The van der Waals surface area contributed by atoms with Gasteiger partial charge in [-0.2, -0.15) is 0 Å². The first-order valence-electron chi connectivity index (χ1n) is 5.87. The van der Waals surface area contributed by atoms with Gasteiger partial charge in [0.15, 0.2) is 0 Å². The van der Waals surface area contributed by atoms with E-state index in [0.717, 1.165) is 19.8 Å². The maximum Gasteiger partial charge on any atom is 0.0717 e. The van der Waals surface area contributed by atoms with Crippen LogP contribution in [0.5, 0.6) is 0 Å². The summed E-state index contributed by atoms with van der Waals surface area (Å²) in [5.74, 6) is 0.706. The molecule has 1 aromatic rings. The molecule has 0 amide bonds. The van der Waals surface area contributed by atoms with E-state index in [-0.39, 0.29) is 0 Å². The second-order valence-corrected chi connectivity index (χ2v) is 5.60. The number of ether oxygens (including phenoxy) is 1. The third kappa shape index (κ3) is 4.03. The zero-order valence-corrected chi connectivity index (χ0v) is 11.6. The Morgan fingerprint density at radius 2 is 2.12 bits per heavy atom. The number of piperidine rings is 1. The van der Waals surface area contributed by atoms with E-state index in [0.29, 0.717) is 5.92 Å². The van der Waals surface area contributed by atoms with E-state index in [4.69, 9.17) is 4.74 Å². The van der Waals surface area contributed by atoms with Gasteiger partial charge in [0, 0.05) is 10.1 Å². The number of benzene rings is 1. The lowest BCUT2D eigenvalue weighted by molar-refractivity contribution is 0.0783. The summed E-state index contributed by atoms with van der Waals surface area (Å²) >= 11 is 2.32. The van der Waals surface area contributed by atoms with Crippen LogP contribution in [0.1, 0.15) is 18.4 Å². The Kier molecular flexibility index (Phi) is 5.06. The molecule has 0 aromatic heterocycles. The minimum atomic E-state index is 0.706. The molecule has 0 radical (unpaired) electrons. The van der Waals surface area contributed by atoms with Crippen LogP contribution in [0.3, 0.4) is 0 Å². The molecule has 0 unspecified atom stereocenters. The molecule has 1 aromatic carbocycles. The van der Waals surface area contributed by atoms with Gasteiger partial charge in [0.05, 0.1) is 13.2 Å². The molecule has 1 aliphatic heterocycles. The average Bonchev–Trinajstić information content (AvgIpc) is 2.33. The first kappa shape index (κ1) is 12.3.